The second kappa shape index (κ2) is 8.86. The molecule has 0 fully saturated rings. The number of halogens is 1. The number of nitrogens with one attached hydrogen (secondary N) is 1. The van der Waals surface area contributed by atoms with E-state index in [9.17, 15) is 4.39 Å². The summed E-state index contributed by atoms with van der Waals surface area (Å²) in [5.41, 5.74) is 2.92. The van der Waals surface area contributed by atoms with Gasteiger partial charge in [-0.3, -0.25) is 0 Å². The van der Waals surface area contributed by atoms with E-state index in [4.69, 9.17) is 9.47 Å². The van der Waals surface area contributed by atoms with Crippen molar-refractivity contribution < 1.29 is 13.9 Å². The summed E-state index contributed by atoms with van der Waals surface area (Å²) in [6.45, 7) is 0.411. The lowest BCUT2D eigenvalue weighted by molar-refractivity contribution is 0.0897. The van der Waals surface area contributed by atoms with Crippen molar-refractivity contribution in [3.8, 4) is 17.6 Å². The summed E-state index contributed by atoms with van der Waals surface area (Å²) in [6, 6.07) is 7.52. The molecule has 0 radical (unpaired) electrons. The van der Waals surface area contributed by atoms with Gasteiger partial charge < -0.3 is 14.8 Å². The van der Waals surface area contributed by atoms with Gasteiger partial charge in [-0.05, 0) is 47.9 Å². The second-order valence-electron chi connectivity index (χ2n) is 5.44. The summed E-state index contributed by atoms with van der Waals surface area (Å²) < 4.78 is 22.4. The molecule has 2 heterocycles. The van der Waals surface area contributed by atoms with Crippen LogP contribution in [0.15, 0.2) is 65.0 Å². The molecule has 0 aliphatic carbocycles. The molecular formula is C20H19FN2O2. The third-order valence-electron chi connectivity index (χ3n) is 3.52. The Morgan fingerprint density at radius 2 is 2.00 bits per heavy atom. The van der Waals surface area contributed by atoms with Crippen LogP contribution < -0.4 is 10.1 Å². The van der Waals surface area contributed by atoms with Crippen LogP contribution in [-0.4, -0.2) is 32.3 Å². The lowest BCUT2D eigenvalue weighted by Gasteiger charge is -2.14. The Hall–Kier alpha value is -2.84. The molecule has 4 nitrogen and oxygen atoms in total. The Labute approximate surface area is 146 Å². The predicted molar refractivity (Wildman–Crippen MR) is 96.1 cm³/mol. The zero-order chi connectivity index (χ0) is 17.3. The van der Waals surface area contributed by atoms with Crippen LogP contribution in [0.1, 0.15) is 12.0 Å². The number of aliphatic imine (C=N–C) groups is 1. The number of ether oxygens (including phenoxy) is 2. The maximum absolute atomic E-state index is 11.9. The molecule has 1 N–H and O–H groups in total. The highest BCUT2D eigenvalue weighted by Crippen LogP contribution is 2.16. The number of amidine groups is 1. The summed E-state index contributed by atoms with van der Waals surface area (Å²) in [5, 5.41) is 3.23. The van der Waals surface area contributed by atoms with Crippen LogP contribution >= 0.6 is 0 Å². The van der Waals surface area contributed by atoms with E-state index < -0.39 is 6.67 Å². The highest BCUT2D eigenvalue weighted by Gasteiger charge is 2.11. The Balaban J connectivity index is 1.56. The molecule has 0 aromatic heterocycles. The van der Waals surface area contributed by atoms with Crippen LogP contribution in [0.25, 0.3) is 0 Å². The van der Waals surface area contributed by atoms with E-state index in [1.54, 1.807) is 6.20 Å². The summed E-state index contributed by atoms with van der Waals surface area (Å²) in [4.78, 5) is 4.32. The van der Waals surface area contributed by atoms with Crippen LogP contribution in [0.5, 0.6) is 5.75 Å². The smallest absolute Gasteiger partial charge is 0.119 e. The van der Waals surface area contributed by atoms with Gasteiger partial charge >= 0.3 is 0 Å². The Bertz CT molecular complexity index is 780. The molecule has 5 heteroatoms. The van der Waals surface area contributed by atoms with Gasteiger partial charge in [-0.2, -0.15) is 0 Å². The number of hydrogen-bond donors (Lipinski definition) is 1. The average molecular weight is 338 g/mol. The molecule has 2 aliphatic heterocycles. The van der Waals surface area contributed by atoms with Gasteiger partial charge in [0, 0.05) is 18.2 Å². The van der Waals surface area contributed by atoms with Gasteiger partial charge in [0.05, 0.1) is 18.9 Å². The van der Waals surface area contributed by atoms with Crippen LogP contribution in [0.4, 0.5) is 4.39 Å². The molecule has 128 valence electrons. The van der Waals surface area contributed by atoms with Gasteiger partial charge in [0.1, 0.15) is 24.9 Å². The van der Waals surface area contributed by atoms with Crippen molar-refractivity contribution >= 4 is 5.84 Å². The monoisotopic (exact) mass is 338 g/mol. The number of hydrogen-bond acceptors (Lipinski definition) is 4. The molecule has 2 bridgehead atoms. The van der Waals surface area contributed by atoms with E-state index in [0.717, 1.165) is 29.3 Å². The van der Waals surface area contributed by atoms with Gasteiger partial charge in [0.15, 0.2) is 0 Å². The molecule has 25 heavy (non-hydrogen) atoms. The number of benzene rings is 1. The molecular weight excluding hydrogens is 319 g/mol. The van der Waals surface area contributed by atoms with Gasteiger partial charge in [0.2, 0.25) is 0 Å². The minimum absolute atomic E-state index is 0.112. The Morgan fingerprint density at radius 3 is 2.84 bits per heavy atom. The normalized spacial score (nSPS) is 15.0. The van der Waals surface area contributed by atoms with E-state index in [2.05, 4.69) is 22.2 Å². The number of nitrogens with zero attached hydrogens (tertiary/aromatic N) is 1. The first-order valence-electron chi connectivity index (χ1n) is 8.13. The third-order valence-corrected chi connectivity index (χ3v) is 3.52. The van der Waals surface area contributed by atoms with Gasteiger partial charge in [0.25, 0.3) is 0 Å². The van der Waals surface area contributed by atoms with E-state index in [0.29, 0.717) is 13.2 Å². The second-order valence-corrected chi connectivity index (χ2v) is 5.44. The Morgan fingerprint density at radius 1 is 1.12 bits per heavy atom. The SMILES string of the molecule is FCCOCCOc1ccc(C#CC2=CC3=CC=CN=C(C3)N2)cc1. The van der Waals surface area contributed by atoms with Crippen molar-refractivity contribution in [2.45, 2.75) is 6.42 Å². The molecule has 0 unspecified atom stereocenters. The molecule has 0 saturated heterocycles. The molecule has 0 spiro atoms. The van der Waals surface area contributed by atoms with Gasteiger partial charge in [-0.25, -0.2) is 9.38 Å². The van der Waals surface area contributed by atoms with Crippen molar-refractivity contribution in [1.82, 2.24) is 5.32 Å². The largest absolute Gasteiger partial charge is 0.491 e. The van der Waals surface area contributed by atoms with Crippen molar-refractivity contribution in [1.29, 1.82) is 0 Å². The standard InChI is InChI=1S/C20H19FN2O2/c21-9-11-24-12-13-25-19-7-4-16(5-8-19)3-6-18-14-17-2-1-10-22-20(15-17)23-18/h1-2,4-5,7-8,10,14H,9,11-13,15H2,(H,22,23). The van der Waals surface area contributed by atoms with Crippen molar-refractivity contribution in [2.24, 2.45) is 4.99 Å². The third kappa shape index (κ3) is 5.33. The summed E-state index contributed by atoms with van der Waals surface area (Å²) in [6.07, 6.45) is 8.59. The zero-order valence-corrected chi connectivity index (χ0v) is 13.8. The van der Waals surface area contributed by atoms with Gasteiger partial charge in [-0.15, -0.1) is 0 Å². The maximum Gasteiger partial charge on any atom is 0.119 e. The predicted octanol–water partition coefficient (Wildman–Crippen LogP) is 3.13. The highest BCUT2D eigenvalue weighted by molar-refractivity contribution is 5.90. The van der Waals surface area contributed by atoms with Crippen LogP contribution in [0.3, 0.4) is 0 Å². The Kier molecular flexibility index (Phi) is 6.02. The first-order chi connectivity index (χ1) is 12.3. The summed E-state index contributed by atoms with van der Waals surface area (Å²) in [7, 11) is 0. The lowest BCUT2D eigenvalue weighted by Crippen LogP contribution is -2.25. The molecule has 3 rings (SSSR count). The quantitative estimate of drug-likeness (QED) is 0.640. The van der Waals surface area contributed by atoms with E-state index in [-0.39, 0.29) is 6.61 Å². The fourth-order valence-electron chi connectivity index (χ4n) is 2.37. The summed E-state index contributed by atoms with van der Waals surface area (Å²) >= 11 is 0. The summed E-state index contributed by atoms with van der Waals surface area (Å²) in [5.74, 6) is 7.91. The first kappa shape index (κ1) is 17.0. The topological polar surface area (TPSA) is 42.9 Å². The molecule has 0 saturated carbocycles. The number of allylic oxidation sites excluding steroid dienone is 4. The molecule has 0 amide bonds. The van der Waals surface area contributed by atoms with Crippen LogP contribution in [0.2, 0.25) is 0 Å². The number of fused-ring (bicyclic) bond motifs is 2. The van der Waals surface area contributed by atoms with E-state index >= 15 is 0 Å². The highest BCUT2D eigenvalue weighted by atomic mass is 19.1. The minimum atomic E-state index is -0.472. The van der Waals surface area contributed by atoms with Crippen molar-refractivity contribution in [2.75, 3.05) is 26.5 Å². The zero-order valence-electron chi connectivity index (χ0n) is 13.8. The fraction of sp³-hybridized carbons (Fsp3) is 0.250. The van der Waals surface area contributed by atoms with Crippen LogP contribution in [0, 0.1) is 11.8 Å². The number of alkyl halides is 1. The molecule has 0 atom stereocenters. The fourth-order valence-corrected chi connectivity index (χ4v) is 2.37. The van der Waals surface area contributed by atoms with E-state index in [1.165, 1.54) is 5.57 Å². The van der Waals surface area contributed by atoms with E-state index in [1.807, 2.05) is 42.5 Å². The molecule has 1 aromatic rings. The first-order valence-corrected chi connectivity index (χ1v) is 8.13. The minimum Gasteiger partial charge on any atom is -0.491 e. The molecule has 2 aliphatic rings. The number of rotatable bonds is 6. The van der Waals surface area contributed by atoms with Crippen molar-refractivity contribution in [3.63, 3.8) is 0 Å². The van der Waals surface area contributed by atoms with Crippen molar-refractivity contribution in [3.05, 3.63) is 65.5 Å². The lowest BCUT2D eigenvalue weighted by atomic mass is 10.1. The van der Waals surface area contributed by atoms with Crippen LogP contribution in [-0.2, 0) is 4.74 Å². The van der Waals surface area contributed by atoms with Gasteiger partial charge in [-0.1, -0.05) is 12.0 Å². The maximum atomic E-state index is 11.9. The average Bonchev–Trinajstić information content (AvgIpc) is 2.81. The molecule has 1 aromatic carbocycles.